The Bertz CT molecular complexity index is 950. The molecule has 2 aliphatic heterocycles. The summed E-state index contributed by atoms with van der Waals surface area (Å²) in [6, 6.07) is 10.6. The van der Waals surface area contributed by atoms with Gasteiger partial charge >= 0.3 is 0 Å². The first-order valence-corrected chi connectivity index (χ1v) is 9.40. The normalized spacial score (nSPS) is 23.0. The Kier molecular flexibility index (Phi) is 4.18. The Labute approximate surface area is 157 Å². The molecule has 0 amide bonds. The molecule has 1 saturated heterocycles. The molecule has 7 nitrogen and oxygen atoms in total. The van der Waals surface area contributed by atoms with Gasteiger partial charge in [-0.1, -0.05) is 18.2 Å². The highest BCUT2D eigenvalue weighted by atomic mass is 16.5. The zero-order chi connectivity index (χ0) is 18.2. The van der Waals surface area contributed by atoms with Crippen molar-refractivity contribution in [2.45, 2.75) is 19.0 Å². The maximum absolute atomic E-state index is 6.09. The van der Waals surface area contributed by atoms with Gasteiger partial charge in [-0.05, 0) is 19.1 Å². The summed E-state index contributed by atoms with van der Waals surface area (Å²) in [5.41, 5.74) is 3.10. The molecule has 1 aromatic carbocycles. The van der Waals surface area contributed by atoms with E-state index in [4.69, 9.17) is 9.47 Å². The molecule has 0 aliphatic carbocycles. The Morgan fingerprint density at radius 3 is 2.93 bits per heavy atom. The minimum absolute atomic E-state index is 0.0846. The molecule has 5 rings (SSSR count). The Morgan fingerprint density at radius 1 is 1.19 bits per heavy atom. The van der Waals surface area contributed by atoms with Gasteiger partial charge in [-0.3, -0.25) is 4.90 Å². The highest BCUT2D eigenvalue weighted by molar-refractivity contribution is 5.87. The minimum atomic E-state index is 0.0846. The number of anilines is 1. The molecule has 2 aromatic heterocycles. The van der Waals surface area contributed by atoms with E-state index in [1.807, 2.05) is 19.1 Å². The molecule has 27 heavy (non-hydrogen) atoms. The number of aryl methyl sites for hydroxylation is 1. The zero-order valence-corrected chi connectivity index (χ0v) is 15.3. The molecule has 140 valence electrons. The van der Waals surface area contributed by atoms with Crippen LogP contribution in [-0.2, 0) is 4.74 Å². The second kappa shape index (κ2) is 6.83. The molecule has 2 atom stereocenters. The van der Waals surface area contributed by atoms with E-state index in [2.05, 4.69) is 43.4 Å². The Balaban J connectivity index is 1.54. The molecule has 4 heterocycles. The van der Waals surface area contributed by atoms with Crippen molar-refractivity contribution < 1.29 is 9.47 Å². The maximum atomic E-state index is 6.09. The Hall–Kier alpha value is -2.64. The summed E-state index contributed by atoms with van der Waals surface area (Å²) in [6.45, 7) is 6.04. The van der Waals surface area contributed by atoms with Crippen molar-refractivity contribution in [1.29, 1.82) is 0 Å². The number of H-pyrrole nitrogens is 1. The monoisotopic (exact) mass is 365 g/mol. The van der Waals surface area contributed by atoms with E-state index in [-0.39, 0.29) is 12.1 Å². The van der Waals surface area contributed by atoms with Crippen molar-refractivity contribution in [3.8, 4) is 5.75 Å². The summed E-state index contributed by atoms with van der Waals surface area (Å²) < 4.78 is 11.6. The van der Waals surface area contributed by atoms with Crippen LogP contribution in [0.25, 0.3) is 11.0 Å². The third-order valence-corrected chi connectivity index (χ3v) is 5.42. The highest BCUT2D eigenvalue weighted by Crippen LogP contribution is 2.37. The molecular weight excluding hydrogens is 342 g/mol. The number of morpholine rings is 1. The summed E-state index contributed by atoms with van der Waals surface area (Å²) in [5.74, 6) is 1.79. The molecule has 0 bridgehead atoms. The van der Waals surface area contributed by atoms with Gasteiger partial charge in [0.2, 0.25) is 0 Å². The summed E-state index contributed by atoms with van der Waals surface area (Å²) in [5, 5.41) is 4.72. The van der Waals surface area contributed by atoms with Gasteiger partial charge in [-0.25, -0.2) is 9.97 Å². The van der Waals surface area contributed by atoms with Gasteiger partial charge in [-0.2, -0.15) is 0 Å². The van der Waals surface area contributed by atoms with Crippen molar-refractivity contribution in [2.24, 2.45) is 0 Å². The van der Waals surface area contributed by atoms with Crippen LogP contribution in [0.5, 0.6) is 5.75 Å². The second-order valence-electron chi connectivity index (χ2n) is 7.12. The smallest absolute Gasteiger partial charge is 0.143 e. The van der Waals surface area contributed by atoms with Gasteiger partial charge in [0, 0.05) is 24.3 Å². The van der Waals surface area contributed by atoms with Gasteiger partial charge in [0.1, 0.15) is 30.1 Å². The number of ether oxygens (including phenoxy) is 2. The van der Waals surface area contributed by atoms with Gasteiger partial charge in [0.15, 0.2) is 0 Å². The summed E-state index contributed by atoms with van der Waals surface area (Å²) in [6.07, 6.45) is 1.61. The quantitative estimate of drug-likeness (QED) is 0.743. The number of rotatable bonds is 3. The lowest BCUT2D eigenvalue weighted by atomic mass is 9.94. The lowest BCUT2D eigenvalue weighted by Crippen LogP contribution is -2.52. The number of hydrogen-bond donors (Lipinski definition) is 2. The standard InChI is InChI=1S/C20H23N5O2/c1-13-10-15-19(23-13)21-12-22-20(15)24-18-14-4-2-3-5-17(14)27-11-16(18)25-6-8-26-9-7-25/h2-5,10,12,16,18H,6-9,11H2,1H3,(H2,21,22,23,24)/t16-,18-/m1/s1. The van der Waals surface area contributed by atoms with Crippen LogP contribution in [-0.4, -0.2) is 58.8 Å². The third-order valence-electron chi connectivity index (χ3n) is 5.42. The number of hydrogen-bond acceptors (Lipinski definition) is 6. The minimum Gasteiger partial charge on any atom is -0.491 e. The number of aromatic nitrogens is 3. The number of fused-ring (bicyclic) bond motifs is 2. The average molecular weight is 365 g/mol. The van der Waals surface area contributed by atoms with Crippen LogP contribution in [0.1, 0.15) is 17.3 Å². The first-order chi connectivity index (χ1) is 13.3. The van der Waals surface area contributed by atoms with Crippen LogP contribution in [0.4, 0.5) is 5.82 Å². The van der Waals surface area contributed by atoms with Crippen LogP contribution in [0, 0.1) is 6.92 Å². The fraction of sp³-hybridized carbons (Fsp3) is 0.400. The Morgan fingerprint density at radius 2 is 2.04 bits per heavy atom. The summed E-state index contributed by atoms with van der Waals surface area (Å²) in [4.78, 5) is 14.6. The fourth-order valence-electron chi connectivity index (χ4n) is 4.08. The SMILES string of the molecule is Cc1cc2c(N[C@@H]3c4ccccc4OC[C@H]3N3CCOCC3)ncnc2[nH]1. The van der Waals surface area contributed by atoms with Crippen LogP contribution in [0.3, 0.4) is 0 Å². The predicted molar refractivity (Wildman–Crippen MR) is 103 cm³/mol. The fourth-order valence-corrected chi connectivity index (χ4v) is 4.08. The van der Waals surface area contributed by atoms with E-state index in [9.17, 15) is 0 Å². The maximum Gasteiger partial charge on any atom is 0.143 e. The molecule has 0 spiro atoms. The predicted octanol–water partition coefficient (Wildman–Crippen LogP) is 2.51. The molecule has 1 fully saturated rings. The molecular formula is C20H23N5O2. The van der Waals surface area contributed by atoms with Crippen molar-refractivity contribution in [3.63, 3.8) is 0 Å². The average Bonchev–Trinajstić information content (AvgIpc) is 3.10. The highest BCUT2D eigenvalue weighted by Gasteiger charge is 2.36. The molecule has 7 heteroatoms. The van der Waals surface area contributed by atoms with Crippen LogP contribution >= 0.6 is 0 Å². The van der Waals surface area contributed by atoms with Crippen molar-refractivity contribution in [3.05, 3.63) is 47.9 Å². The van der Waals surface area contributed by atoms with Crippen molar-refractivity contribution in [2.75, 3.05) is 38.2 Å². The summed E-state index contributed by atoms with van der Waals surface area (Å²) in [7, 11) is 0. The lowest BCUT2D eigenvalue weighted by Gasteiger charge is -2.42. The zero-order valence-electron chi connectivity index (χ0n) is 15.3. The van der Waals surface area contributed by atoms with Gasteiger partial charge in [-0.15, -0.1) is 0 Å². The number of benzene rings is 1. The number of nitrogens with zero attached hydrogens (tertiary/aromatic N) is 3. The van der Waals surface area contributed by atoms with E-state index in [1.54, 1.807) is 6.33 Å². The lowest BCUT2D eigenvalue weighted by molar-refractivity contribution is -0.00341. The second-order valence-corrected chi connectivity index (χ2v) is 7.12. The molecule has 2 N–H and O–H groups in total. The molecule has 0 saturated carbocycles. The summed E-state index contributed by atoms with van der Waals surface area (Å²) >= 11 is 0. The van der Waals surface area contributed by atoms with Crippen molar-refractivity contribution in [1.82, 2.24) is 19.9 Å². The van der Waals surface area contributed by atoms with Crippen LogP contribution in [0.15, 0.2) is 36.7 Å². The third kappa shape index (κ3) is 3.02. The molecule has 0 unspecified atom stereocenters. The van der Waals surface area contributed by atoms with E-state index in [0.29, 0.717) is 6.61 Å². The largest absolute Gasteiger partial charge is 0.491 e. The molecule has 0 radical (unpaired) electrons. The topological polar surface area (TPSA) is 75.3 Å². The number of para-hydroxylation sites is 1. The van der Waals surface area contributed by atoms with E-state index in [0.717, 1.165) is 54.6 Å². The molecule has 3 aromatic rings. The van der Waals surface area contributed by atoms with Gasteiger partial charge < -0.3 is 19.8 Å². The van der Waals surface area contributed by atoms with Crippen LogP contribution < -0.4 is 10.1 Å². The number of aromatic amines is 1. The van der Waals surface area contributed by atoms with Crippen LogP contribution in [0.2, 0.25) is 0 Å². The first-order valence-electron chi connectivity index (χ1n) is 9.40. The number of nitrogens with one attached hydrogen (secondary N) is 2. The van der Waals surface area contributed by atoms with E-state index >= 15 is 0 Å². The van der Waals surface area contributed by atoms with Gasteiger partial charge in [0.05, 0.1) is 30.7 Å². The van der Waals surface area contributed by atoms with Gasteiger partial charge in [0.25, 0.3) is 0 Å². The van der Waals surface area contributed by atoms with E-state index < -0.39 is 0 Å². The van der Waals surface area contributed by atoms with Crippen molar-refractivity contribution >= 4 is 16.9 Å². The first kappa shape index (κ1) is 16.5. The molecule has 2 aliphatic rings. The van der Waals surface area contributed by atoms with E-state index in [1.165, 1.54) is 5.56 Å².